The van der Waals surface area contributed by atoms with E-state index in [2.05, 4.69) is 5.32 Å². The molecule has 9 heteroatoms. The summed E-state index contributed by atoms with van der Waals surface area (Å²) in [5.41, 5.74) is 4.06. The van der Waals surface area contributed by atoms with Crippen molar-refractivity contribution in [3.05, 3.63) is 59.7 Å². The molecule has 7 nitrogen and oxygen atoms in total. The van der Waals surface area contributed by atoms with Gasteiger partial charge in [0.05, 0.1) is 0 Å². The van der Waals surface area contributed by atoms with Crippen LogP contribution in [-0.4, -0.2) is 59.6 Å². The smallest absolute Gasteiger partial charge is 0.407 e. The number of alkyl halides is 2. The maximum atomic E-state index is 15.2. The van der Waals surface area contributed by atoms with E-state index in [4.69, 9.17) is 9.84 Å². The van der Waals surface area contributed by atoms with Gasteiger partial charge < -0.3 is 20.1 Å². The van der Waals surface area contributed by atoms with E-state index in [1.54, 1.807) is 6.92 Å². The number of alkyl carbamates (subject to hydrolysis) is 1. The summed E-state index contributed by atoms with van der Waals surface area (Å²) in [6.07, 6.45) is 0.160. The Morgan fingerprint density at radius 3 is 2.17 bits per heavy atom. The molecular weight excluding hydrogens is 458 g/mol. The highest BCUT2D eigenvalue weighted by molar-refractivity contribution is 5.88. The molecule has 0 spiro atoms. The van der Waals surface area contributed by atoms with Gasteiger partial charge in [-0.1, -0.05) is 55.5 Å². The topological polar surface area (TPSA) is 95.9 Å². The first-order chi connectivity index (χ1) is 16.7. The normalized spacial score (nSPS) is 15.6. The van der Waals surface area contributed by atoms with Gasteiger partial charge in [0.15, 0.2) is 0 Å². The molecule has 0 aromatic heterocycles. The van der Waals surface area contributed by atoms with Crippen LogP contribution in [0.2, 0.25) is 0 Å². The number of carboxylic acid groups (broad SMARTS) is 1. The predicted molar refractivity (Wildman–Crippen MR) is 124 cm³/mol. The fourth-order valence-corrected chi connectivity index (χ4v) is 4.73. The number of ether oxygens (including phenoxy) is 1. The van der Waals surface area contributed by atoms with Crippen molar-refractivity contribution in [1.82, 2.24) is 10.2 Å². The van der Waals surface area contributed by atoms with Crippen molar-refractivity contribution >= 4 is 18.0 Å². The lowest BCUT2D eigenvalue weighted by Gasteiger charge is -2.31. The minimum atomic E-state index is -3.96. The number of nitrogens with zero attached hydrogens (tertiary/aromatic N) is 1. The van der Waals surface area contributed by atoms with Crippen LogP contribution in [0.5, 0.6) is 0 Å². The molecule has 1 atom stereocenters. The van der Waals surface area contributed by atoms with E-state index >= 15 is 8.78 Å². The zero-order valence-corrected chi connectivity index (χ0v) is 19.4. The summed E-state index contributed by atoms with van der Waals surface area (Å²) in [6, 6.07) is 13.8. The van der Waals surface area contributed by atoms with Crippen LogP contribution in [-0.2, 0) is 14.3 Å². The molecule has 0 aliphatic heterocycles. The number of fused-ring (bicyclic) bond motifs is 3. The molecule has 0 bridgehead atoms. The van der Waals surface area contributed by atoms with Crippen molar-refractivity contribution in [2.45, 2.75) is 44.1 Å². The van der Waals surface area contributed by atoms with Crippen LogP contribution in [0.25, 0.3) is 11.1 Å². The van der Waals surface area contributed by atoms with Crippen LogP contribution in [0.3, 0.4) is 0 Å². The predicted octanol–water partition coefficient (Wildman–Crippen LogP) is 4.26. The van der Waals surface area contributed by atoms with E-state index < -0.39 is 42.4 Å². The first kappa shape index (κ1) is 24.6. The number of carbonyl (C=O) groups excluding carboxylic acids is 2. The Kier molecular flexibility index (Phi) is 7.05. The Morgan fingerprint density at radius 1 is 1.09 bits per heavy atom. The Morgan fingerprint density at radius 2 is 1.66 bits per heavy atom. The van der Waals surface area contributed by atoms with Crippen molar-refractivity contribution in [1.29, 1.82) is 0 Å². The SMILES string of the molecule is CCCN(CC(=O)O)C(=O)C(F)(F)C(NC(=O)OCC1c2ccccc2-c2ccccc21)C1CC1. The highest BCUT2D eigenvalue weighted by Crippen LogP contribution is 2.45. The van der Waals surface area contributed by atoms with E-state index in [1.165, 1.54) is 0 Å². The lowest BCUT2D eigenvalue weighted by molar-refractivity contribution is -0.165. The van der Waals surface area contributed by atoms with Crippen molar-refractivity contribution in [3.8, 4) is 11.1 Å². The standard InChI is InChI=1S/C26H28F2N2O5/c1-2-13-30(14-22(31)32)24(33)26(27,28)23(16-11-12-16)29-25(34)35-15-21-19-9-5-3-7-17(19)18-8-4-6-10-20(18)21/h3-10,16,21,23H,2,11-15H2,1H3,(H,29,34)(H,31,32). The maximum Gasteiger partial charge on any atom is 0.407 e. The van der Waals surface area contributed by atoms with E-state index in [0.29, 0.717) is 24.2 Å². The first-order valence-corrected chi connectivity index (χ1v) is 11.7. The Bertz CT molecular complexity index is 1070. The van der Waals surface area contributed by atoms with Crippen LogP contribution in [0.15, 0.2) is 48.5 Å². The monoisotopic (exact) mass is 486 g/mol. The third kappa shape index (κ3) is 5.13. The van der Waals surface area contributed by atoms with Crippen LogP contribution in [0.1, 0.15) is 43.2 Å². The van der Waals surface area contributed by atoms with E-state index in [0.717, 1.165) is 22.3 Å². The molecule has 2 aliphatic carbocycles. The summed E-state index contributed by atoms with van der Waals surface area (Å²) in [4.78, 5) is 36.9. The first-order valence-electron chi connectivity index (χ1n) is 11.7. The fourth-order valence-electron chi connectivity index (χ4n) is 4.73. The lowest BCUT2D eigenvalue weighted by Crippen LogP contribution is -2.58. The van der Waals surface area contributed by atoms with Gasteiger partial charge >= 0.3 is 18.0 Å². The highest BCUT2D eigenvalue weighted by Gasteiger charge is 2.56. The molecule has 0 radical (unpaired) electrons. The molecule has 2 aromatic carbocycles. The summed E-state index contributed by atoms with van der Waals surface area (Å²) >= 11 is 0. The molecule has 35 heavy (non-hydrogen) atoms. The van der Waals surface area contributed by atoms with Gasteiger partial charge in [-0.25, -0.2) is 4.79 Å². The third-order valence-corrected chi connectivity index (χ3v) is 6.49. The number of rotatable bonds is 10. The summed E-state index contributed by atoms with van der Waals surface area (Å²) in [6.45, 7) is 0.666. The second kappa shape index (κ2) is 10.0. The Balaban J connectivity index is 1.45. The van der Waals surface area contributed by atoms with Crippen molar-refractivity contribution < 1.29 is 33.0 Å². The zero-order valence-electron chi connectivity index (χ0n) is 19.4. The zero-order chi connectivity index (χ0) is 25.2. The molecule has 2 N–H and O–H groups in total. The minimum Gasteiger partial charge on any atom is -0.480 e. The molecular formula is C26H28F2N2O5. The molecule has 1 fully saturated rings. The van der Waals surface area contributed by atoms with Gasteiger partial charge in [-0.15, -0.1) is 0 Å². The van der Waals surface area contributed by atoms with E-state index in [1.807, 2.05) is 48.5 Å². The van der Waals surface area contributed by atoms with Crippen LogP contribution >= 0.6 is 0 Å². The van der Waals surface area contributed by atoms with Gasteiger partial charge in [0, 0.05) is 12.5 Å². The van der Waals surface area contributed by atoms with Crippen molar-refractivity contribution in [2.75, 3.05) is 19.7 Å². The lowest BCUT2D eigenvalue weighted by atomic mass is 9.98. The molecule has 0 saturated heterocycles. The number of amides is 2. The number of halogens is 2. The van der Waals surface area contributed by atoms with E-state index in [-0.39, 0.29) is 19.1 Å². The van der Waals surface area contributed by atoms with Gasteiger partial charge in [0.1, 0.15) is 19.2 Å². The molecule has 2 aliphatic rings. The Hall–Kier alpha value is -3.49. The summed E-state index contributed by atoms with van der Waals surface area (Å²) < 4.78 is 35.9. The number of carbonyl (C=O) groups is 3. The van der Waals surface area contributed by atoms with Crippen LogP contribution < -0.4 is 5.32 Å². The quantitative estimate of drug-likeness (QED) is 0.523. The number of aliphatic carboxylic acids is 1. The molecule has 1 saturated carbocycles. The van der Waals surface area contributed by atoms with Crippen LogP contribution in [0.4, 0.5) is 13.6 Å². The number of carboxylic acids is 1. The van der Waals surface area contributed by atoms with E-state index in [9.17, 15) is 14.4 Å². The summed E-state index contributed by atoms with van der Waals surface area (Å²) in [5.74, 6) is -7.75. The minimum absolute atomic E-state index is 0.0439. The number of nitrogens with one attached hydrogen (secondary N) is 1. The third-order valence-electron chi connectivity index (χ3n) is 6.49. The average molecular weight is 487 g/mol. The largest absolute Gasteiger partial charge is 0.480 e. The second-order valence-electron chi connectivity index (χ2n) is 9.03. The van der Waals surface area contributed by atoms with Gasteiger partial charge in [0.25, 0.3) is 5.91 Å². The Labute approximate surface area is 202 Å². The molecule has 0 heterocycles. The number of benzene rings is 2. The number of hydrogen-bond donors (Lipinski definition) is 2. The van der Waals surface area contributed by atoms with Crippen molar-refractivity contribution in [3.63, 3.8) is 0 Å². The molecule has 2 aromatic rings. The molecule has 4 rings (SSSR count). The average Bonchev–Trinajstić information content (AvgIpc) is 3.62. The highest BCUT2D eigenvalue weighted by atomic mass is 19.3. The number of hydrogen-bond acceptors (Lipinski definition) is 4. The second-order valence-corrected chi connectivity index (χ2v) is 9.03. The van der Waals surface area contributed by atoms with Gasteiger partial charge in [0.2, 0.25) is 0 Å². The summed E-state index contributed by atoms with van der Waals surface area (Å²) in [5, 5.41) is 11.2. The van der Waals surface area contributed by atoms with Crippen molar-refractivity contribution in [2.24, 2.45) is 5.92 Å². The fraction of sp³-hybridized carbons (Fsp3) is 0.423. The van der Waals surface area contributed by atoms with Gasteiger partial charge in [-0.2, -0.15) is 8.78 Å². The maximum absolute atomic E-state index is 15.2. The summed E-state index contributed by atoms with van der Waals surface area (Å²) in [7, 11) is 0. The van der Waals surface area contributed by atoms with Gasteiger partial charge in [-0.05, 0) is 47.4 Å². The van der Waals surface area contributed by atoms with Crippen LogP contribution in [0, 0.1) is 5.92 Å². The molecule has 2 amide bonds. The van der Waals surface area contributed by atoms with Gasteiger partial charge in [-0.3, -0.25) is 9.59 Å². The molecule has 1 unspecified atom stereocenters. The molecule has 186 valence electrons.